The first kappa shape index (κ1) is 19.0. The lowest BCUT2D eigenvalue weighted by Crippen LogP contribution is -2.20. The Balaban J connectivity index is 1.63. The molecule has 148 valence electrons. The van der Waals surface area contributed by atoms with Crippen LogP contribution in [0.3, 0.4) is 0 Å². The number of aromatic nitrogens is 1. The lowest BCUT2D eigenvalue weighted by atomic mass is 10.1. The number of thiophene rings is 1. The maximum Gasteiger partial charge on any atom is 0.255 e. The molecular weight excluding hydrogens is 410 g/mol. The second-order valence-corrected chi connectivity index (χ2v) is 9.96. The Morgan fingerprint density at radius 1 is 1.25 bits per heavy atom. The van der Waals surface area contributed by atoms with E-state index in [4.69, 9.17) is 0 Å². The number of benzene rings is 1. The van der Waals surface area contributed by atoms with Gasteiger partial charge in [-0.25, -0.2) is 17.2 Å². The van der Waals surface area contributed by atoms with E-state index in [1.807, 2.05) is 0 Å². The van der Waals surface area contributed by atoms with Crippen LogP contribution in [-0.4, -0.2) is 43.9 Å². The zero-order valence-corrected chi connectivity index (χ0v) is 16.1. The van der Waals surface area contributed by atoms with Gasteiger partial charge in [-0.1, -0.05) is 0 Å². The van der Waals surface area contributed by atoms with Gasteiger partial charge in [0.2, 0.25) is 0 Å². The zero-order valence-electron chi connectivity index (χ0n) is 14.4. The van der Waals surface area contributed by atoms with E-state index in [1.54, 1.807) is 11.0 Å². The SMILES string of the molecule is O=c1[nH]ccc2cc(F)c(CS(=O)(=O)c3ccc(N4C[C@@H](O)[C@@H](F)C4)s3)cc12. The average Bonchev–Trinajstić information content (AvgIpc) is 3.24. The molecule has 3 heterocycles. The van der Waals surface area contributed by atoms with Gasteiger partial charge in [-0.05, 0) is 35.7 Å². The van der Waals surface area contributed by atoms with Crippen LogP contribution in [0.5, 0.6) is 0 Å². The van der Waals surface area contributed by atoms with Crippen molar-refractivity contribution >= 4 is 36.9 Å². The van der Waals surface area contributed by atoms with Crippen molar-refractivity contribution in [2.75, 3.05) is 18.0 Å². The number of hydrogen-bond donors (Lipinski definition) is 2. The first-order valence-corrected chi connectivity index (χ1v) is 10.9. The fourth-order valence-corrected chi connectivity index (χ4v) is 5.96. The van der Waals surface area contributed by atoms with Gasteiger partial charge in [0.15, 0.2) is 9.84 Å². The minimum absolute atomic E-state index is 0.0107. The van der Waals surface area contributed by atoms with Crippen molar-refractivity contribution in [2.45, 2.75) is 22.2 Å². The number of sulfone groups is 1. The molecule has 2 aromatic heterocycles. The summed E-state index contributed by atoms with van der Waals surface area (Å²) in [4.78, 5) is 16.0. The topological polar surface area (TPSA) is 90.5 Å². The number of anilines is 1. The van der Waals surface area contributed by atoms with Gasteiger partial charge in [0.1, 0.15) is 22.3 Å². The first-order chi connectivity index (χ1) is 13.2. The Hall–Kier alpha value is -2.30. The molecule has 0 saturated carbocycles. The normalized spacial score (nSPS) is 20.2. The summed E-state index contributed by atoms with van der Waals surface area (Å²) in [5, 5.41) is 10.6. The summed E-state index contributed by atoms with van der Waals surface area (Å²) in [5.74, 6) is -1.31. The molecule has 1 fully saturated rings. The highest BCUT2D eigenvalue weighted by atomic mass is 32.2. The molecule has 6 nitrogen and oxygen atoms in total. The minimum Gasteiger partial charge on any atom is -0.388 e. The number of alkyl halides is 1. The monoisotopic (exact) mass is 426 g/mol. The van der Waals surface area contributed by atoms with Crippen LogP contribution in [0.1, 0.15) is 5.56 Å². The van der Waals surface area contributed by atoms with E-state index in [-0.39, 0.29) is 28.2 Å². The molecule has 2 atom stereocenters. The van der Waals surface area contributed by atoms with Crippen molar-refractivity contribution in [1.29, 1.82) is 0 Å². The van der Waals surface area contributed by atoms with E-state index in [0.29, 0.717) is 10.4 Å². The third-order valence-corrected chi connectivity index (χ3v) is 8.08. The maximum atomic E-state index is 14.4. The highest BCUT2D eigenvalue weighted by molar-refractivity contribution is 7.92. The molecule has 10 heteroatoms. The van der Waals surface area contributed by atoms with E-state index in [1.165, 1.54) is 24.4 Å². The molecular formula is C18H16F2N2O4S2. The summed E-state index contributed by atoms with van der Waals surface area (Å²) in [7, 11) is -3.87. The van der Waals surface area contributed by atoms with Crippen LogP contribution in [0.15, 0.2) is 45.5 Å². The van der Waals surface area contributed by atoms with Crippen LogP contribution in [0.4, 0.5) is 13.8 Å². The van der Waals surface area contributed by atoms with E-state index >= 15 is 0 Å². The van der Waals surface area contributed by atoms with Crippen molar-refractivity contribution in [3.63, 3.8) is 0 Å². The number of fused-ring (bicyclic) bond motifs is 1. The van der Waals surface area contributed by atoms with Crippen molar-refractivity contribution < 1.29 is 22.3 Å². The maximum absolute atomic E-state index is 14.4. The second-order valence-electron chi connectivity index (χ2n) is 6.68. The summed E-state index contributed by atoms with van der Waals surface area (Å²) >= 11 is 0.943. The van der Waals surface area contributed by atoms with Gasteiger partial charge in [0.05, 0.1) is 17.3 Å². The molecule has 0 aliphatic carbocycles. The van der Waals surface area contributed by atoms with Gasteiger partial charge in [0.25, 0.3) is 5.56 Å². The summed E-state index contributed by atoms with van der Waals surface area (Å²) in [6, 6.07) is 6.86. The summed E-state index contributed by atoms with van der Waals surface area (Å²) in [5.41, 5.74) is -0.525. The van der Waals surface area contributed by atoms with Gasteiger partial charge in [-0.2, -0.15) is 0 Å². The Labute approximate surface area is 163 Å². The van der Waals surface area contributed by atoms with Crippen molar-refractivity contribution in [1.82, 2.24) is 4.98 Å². The minimum atomic E-state index is -3.87. The summed E-state index contributed by atoms with van der Waals surface area (Å²) < 4.78 is 53.4. The highest BCUT2D eigenvalue weighted by Crippen LogP contribution is 2.34. The van der Waals surface area contributed by atoms with Gasteiger partial charge < -0.3 is 15.0 Å². The quantitative estimate of drug-likeness (QED) is 0.668. The molecule has 0 amide bonds. The lowest BCUT2D eigenvalue weighted by molar-refractivity contribution is 0.118. The largest absolute Gasteiger partial charge is 0.388 e. The number of nitrogens with one attached hydrogen (secondary N) is 1. The standard InChI is InChI=1S/C18H16F2N2O4S2/c19-13-6-10-3-4-21-18(24)12(10)5-11(13)9-28(25,26)17-2-1-16(27-17)22-7-14(20)15(23)8-22/h1-6,14-15,23H,7-9H2,(H,21,24)/t14-,15+/m0/s1. The summed E-state index contributed by atoms with van der Waals surface area (Å²) in [6.45, 7) is 0.0759. The number of β-amino-alcohol motifs (C(OH)–C–C–N with tert-alkyl or cyclic N) is 1. The number of nitrogens with zero attached hydrogens (tertiary/aromatic N) is 1. The molecule has 1 saturated heterocycles. The Bertz CT molecular complexity index is 1200. The molecule has 4 rings (SSSR count). The Morgan fingerprint density at radius 2 is 2.04 bits per heavy atom. The van der Waals surface area contributed by atoms with E-state index in [9.17, 15) is 27.1 Å². The number of hydrogen-bond acceptors (Lipinski definition) is 6. The molecule has 3 aromatic rings. The van der Waals surface area contributed by atoms with Gasteiger partial charge in [-0.15, -0.1) is 11.3 Å². The second kappa shape index (κ2) is 6.94. The third kappa shape index (κ3) is 3.43. The van der Waals surface area contributed by atoms with E-state index < -0.39 is 39.2 Å². The van der Waals surface area contributed by atoms with Gasteiger partial charge in [0, 0.05) is 23.7 Å². The van der Waals surface area contributed by atoms with Gasteiger partial charge >= 0.3 is 0 Å². The van der Waals surface area contributed by atoms with Crippen LogP contribution >= 0.6 is 11.3 Å². The number of aliphatic hydroxyl groups excluding tert-OH is 1. The molecule has 0 bridgehead atoms. The number of rotatable bonds is 4. The predicted molar refractivity (Wildman–Crippen MR) is 103 cm³/mol. The Morgan fingerprint density at radius 3 is 2.75 bits per heavy atom. The fourth-order valence-electron chi connectivity index (χ4n) is 3.21. The molecule has 1 aliphatic rings. The number of halogens is 2. The number of pyridine rings is 1. The Kier molecular flexibility index (Phi) is 4.72. The van der Waals surface area contributed by atoms with Crippen LogP contribution < -0.4 is 10.5 Å². The van der Waals surface area contributed by atoms with Gasteiger partial charge in [-0.3, -0.25) is 4.79 Å². The molecule has 1 aromatic carbocycles. The molecule has 2 N–H and O–H groups in total. The molecule has 1 aliphatic heterocycles. The van der Waals surface area contributed by atoms with Crippen LogP contribution in [-0.2, 0) is 15.6 Å². The van der Waals surface area contributed by atoms with Crippen LogP contribution in [0.25, 0.3) is 10.8 Å². The van der Waals surface area contributed by atoms with Crippen molar-refractivity contribution in [2.24, 2.45) is 0 Å². The fraction of sp³-hybridized carbons (Fsp3) is 0.278. The third-order valence-electron chi connectivity index (χ3n) is 4.69. The van der Waals surface area contributed by atoms with Crippen LogP contribution in [0, 0.1) is 5.82 Å². The van der Waals surface area contributed by atoms with Crippen molar-refractivity contribution in [3.05, 3.63) is 58.3 Å². The van der Waals surface area contributed by atoms with E-state index in [2.05, 4.69) is 4.98 Å². The molecule has 28 heavy (non-hydrogen) atoms. The number of H-pyrrole nitrogens is 1. The van der Waals surface area contributed by atoms with Crippen molar-refractivity contribution in [3.8, 4) is 0 Å². The lowest BCUT2D eigenvalue weighted by Gasteiger charge is -2.14. The summed E-state index contributed by atoms with van der Waals surface area (Å²) in [6.07, 6.45) is -1.09. The number of aliphatic hydroxyl groups is 1. The molecule has 0 radical (unpaired) electrons. The molecule has 0 spiro atoms. The average molecular weight is 426 g/mol. The molecule has 0 unspecified atom stereocenters. The predicted octanol–water partition coefficient (Wildman–Crippen LogP) is 2.22. The zero-order chi connectivity index (χ0) is 20.1. The highest BCUT2D eigenvalue weighted by Gasteiger charge is 2.32. The number of aromatic amines is 1. The van der Waals surface area contributed by atoms with Crippen LogP contribution in [0.2, 0.25) is 0 Å². The first-order valence-electron chi connectivity index (χ1n) is 8.44. The van der Waals surface area contributed by atoms with E-state index in [0.717, 1.165) is 17.4 Å². The smallest absolute Gasteiger partial charge is 0.255 e.